The van der Waals surface area contributed by atoms with Crippen LogP contribution in [-0.2, 0) is 4.79 Å². The lowest BCUT2D eigenvalue weighted by Gasteiger charge is -1.99. The van der Waals surface area contributed by atoms with Crippen molar-refractivity contribution in [2.24, 2.45) is 0 Å². The molecule has 0 rings (SSSR count). The average Bonchev–Trinajstić information content (AvgIpc) is 2.05. The van der Waals surface area contributed by atoms with Crippen LogP contribution in [-0.4, -0.2) is 5.78 Å². The third-order valence-corrected chi connectivity index (χ3v) is 1.74. The first-order valence-electron chi connectivity index (χ1n) is 4.48. The number of allylic oxidation sites excluding steroid dienone is 2. The minimum absolute atomic E-state index is 0.306. The minimum Gasteiger partial charge on any atom is -0.295 e. The van der Waals surface area contributed by atoms with Gasteiger partial charge in [0, 0.05) is 6.42 Å². The van der Waals surface area contributed by atoms with Gasteiger partial charge in [-0.05, 0) is 18.4 Å². The van der Waals surface area contributed by atoms with Crippen LogP contribution in [0.4, 0.5) is 0 Å². The first kappa shape index (κ1) is 10.4. The molecule has 0 saturated carbocycles. The molecular formula is C10H18O. The molecular weight excluding hydrogens is 136 g/mol. The van der Waals surface area contributed by atoms with Gasteiger partial charge in [-0.25, -0.2) is 0 Å². The summed E-state index contributed by atoms with van der Waals surface area (Å²) < 4.78 is 0. The van der Waals surface area contributed by atoms with E-state index < -0.39 is 0 Å². The van der Waals surface area contributed by atoms with Crippen molar-refractivity contribution in [1.29, 1.82) is 0 Å². The van der Waals surface area contributed by atoms with Crippen LogP contribution < -0.4 is 0 Å². The van der Waals surface area contributed by atoms with Crippen LogP contribution in [0, 0.1) is 0 Å². The fourth-order valence-electron chi connectivity index (χ4n) is 1.00. The molecule has 0 aliphatic carbocycles. The molecule has 0 aliphatic heterocycles. The molecule has 1 nitrogen and oxygen atoms in total. The van der Waals surface area contributed by atoms with Gasteiger partial charge in [0.05, 0.1) is 0 Å². The predicted molar refractivity (Wildman–Crippen MR) is 48.6 cm³/mol. The number of Topliss-reactive ketones (excluding diaryl/α,β-unsaturated/α-hetero) is 1. The van der Waals surface area contributed by atoms with E-state index >= 15 is 0 Å². The highest BCUT2D eigenvalue weighted by Gasteiger charge is 2.02. The third-order valence-electron chi connectivity index (χ3n) is 1.74. The summed E-state index contributed by atoms with van der Waals surface area (Å²) in [7, 11) is 0. The summed E-state index contributed by atoms with van der Waals surface area (Å²) in [5.41, 5.74) is 1.01. The second kappa shape index (κ2) is 6.14. The van der Waals surface area contributed by atoms with Crippen molar-refractivity contribution >= 4 is 5.78 Å². The van der Waals surface area contributed by atoms with Crippen molar-refractivity contribution in [3.8, 4) is 0 Å². The van der Waals surface area contributed by atoms with Crippen LogP contribution in [0.5, 0.6) is 0 Å². The first-order chi connectivity index (χ1) is 5.26. The summed E-state index contributed by atoms with van der Waals surface area (Å²) in [4.78, 5) is 11.2. The molecule has 0 saturated heterocycles. The summed E-state index contributed by atoms with van der Waals surface area (Å²) in [5, 5.41) is 0. The summed E-state index contributed by atoms with van der Waals surface area (Å²) in [6.45, 7) is 6.08. The van der Waals surface area contributed by atoms with Gasteiger partial charge >= 0.3 is 0 Å². The maximum absolute atomic E-state index is 11.2. The van der Waals surface area contributed by atoms with Crippen molar-refractivity contribution < 1.29 is 4.79 Å². The van der Waals surface area contributed by atoms with Crippen molar-refractivity contribution in [3.05, 3.63) is 11.6 Å². The average molecular weight is 154 g/mol. The van der Waals surface area contributed by atoms with Gasteiger partial charge in [-0.1, -0.05) is 33.3 Å². The Balaban J connectivity index is 4.03. The number of carbonyl (C=O) groups is 1. The van der Waals surface area contributed by atoms with E-state index in [0.717, 1.165) is 24.8 Å². The number of ketones is 1. The Hall–Kier alpha value is -0.590. The van der Waals surface area contributed by atoms with Gasteiger partial charge in [-0.15, -0.1) is 0 Å². The molecule has 0 unspecified atom stereocenters. The van der Waals surface area contributed by atoms with Gasteiger partial charge in [0.1, 0.15) is 0 Å². The Morgan fingerprint density at radius 3 is 2.18 bits per heavy atom. The largest absolute Gasteiger partial charge is 0.295 e. The SMILES string of the molecule is CCCC=C(CC)C(=O)CC. The molecule has 0 aromatic rings. The van der Waals surface area contributed by atoms with Crippen LogP contribution in [0.2, 0.25) is 0 Å². The fourth-order valence-corrected chi connectivity index (χ4v) is 1.00. The van der Waals surface area contributed by atoms with Gasteiger partial charge < -0.3 is 0 Å². The highest BCUT2D eigenvalue weighted by Crippen LogP contribution is 2.06. The van der Waals surface area contributed by atoms with Crippen LogP contribution in [0.15, 0.2) is 11.6 Å². The second-order valence-corrected chi connectivity index (χ2v) is 2.65. The molecule has 0 spiro atoms. The highest BCUT2D eigenvalue weighted by molar-refractivity contribution is 5.94. The van der Waals surface area contributed by atoms with Crippen LogP contribution in [0.3, 0.4) is 0 Å². The molecule has 0 radical (unpaired) electrons. The lowest BCUT2D eigenvalue weighted by molar-refractivity contribution is -0.115. The smallest absolute Gasteiger partial charge is 0.158 e. The monoisotopic (exact) mass is 154 g/mol. The Morgan fingerprint density at radius 2 is 1.82 bits per heavy atom. The summed E-state index contributed by atoms with van der Waals surface area (Å²) in [6, 6.07) is 0. The normalized spacial score (nSPS) is 11.7. The Bertz CT molecular complexity index is 145. The van der Waals surface area contributed by atoms with Crippen molar-refractivity contribution in [3.63, 3.8) is 0 Å². The van der Waals surface area contributed by atoms with Crippen LogP contribution in [0.25, 0.3) is 0 Å². The molecule has 64 valence electrons. The van der Waals surface area contributed by atoms with E-state index in [0.29, 0.717) is 12.2 Å². The number of hydrogen-bond acceptors (Lipinski definition) is 1. The molecule has 0 aromatic carbocycles. The van der Waals surface area contributed by atoms with E-state index in [1.807, 2.05) is 13.8 Å². The van der Waals surface area contributed by atoms with Crippen LogP contribution >= 0.6 is 0 Å². The Labute approximate surface area is 69.5 Å². The van der Waals surface area contributed by atoms with Gasteiger partial charge in [0.2, 0.25) is 0 Å². The zero-order chi connectivity index (χ0) is 8.69. The molecule has 0 aliphatic rings. The third kappa shape index (κ3) is 3.97. The molecule has 11 heavy (non-hydrogen) atoms. The summed E-state index contributed by atoms with van der Waals surface area (Å²) >= 11 is 0. The maximum Gasteiger partial charge on any atom is 0.158 e. The molecule has 0 atom stereocenters. The van der Waals surface area contributed by atoms with E-state index in [9.17, 15) is 4.79 Å². The topological polar surface area (TPSA) is 17.1 Å². The second-order valence-electron chi connectivity index (χ2n) is 2.65. The number of hydrogen-bond donors (Lipinski definition) is 0. The number of carbonyl (C=O) groups excluding carboxylic acids is 1. The van der Waals surface area contributed by atoms with E-state index in [-0.39, 0.29) is 0 Å². The van der Waals surface area contributed by atoms with Gasteiger partial charge in [0.25, 0.3) is 0 Å². The molecule has 0 fully saturated rings. The van der Waals surface area contributed by atoms with Crippen molar-refractivity contribution in [1.82, 2.24) is 0 Å². The minimum atomic E-state index is 0.306. The lowest BCUT2D eigenvalue weighted by atomic mass is 10.1. The molecule has 0 amide bonds. The zero-order valence-corrected chi connectivity index (χ0v) is 7.81. The van der Waals surface area contributed by atoms with Gasteiger partial charge in [-0.3, -0.25) is 4.79 Å². The fraction of sp³-hybridized carbons (Fsp3) is 0.700. The summed E-state index contributed by atoms with van der Waals surface area (Å²) in [5.74, 6) is 0.306. The van der Waals surface area contributed by atoms with E-state index in [4.69, 9.17) is 0 Å². The quantitative estimate of drug-likeness (QED) is 0.556. The first-order valence-corrected chi connectivity index (χ1v) is 4.48. The Morgan fingerprint density at radius 1 is 1.18 bits per heavy atom. The summed E-state index contributed by atoms with van der Waals surface area (Å²) in [6.07, 6.45) is 5.76. The molecule has 0 heterocycles. The lowest BCUT2D eigenvalue weighted by Crippen LogP contribution is -1.98. The van der Waals surface area contributed by atoms with E-state index in [1.54, 1.807) is 0 Å². The maximum atomic E-state index is 11.2. The van der Waals surface area contributed by atoms with Gasteiger partial charge in [-0.2, -0.15) is 0 Å². The van der Waals surface area contributed by atoms with Crippen molar-refractivity contribution in [2.75, 3.05) is 0 Å². The van der Waals surface area contributed by atoms with Gasteiger partial charge in [0.15, 0.2) is 5.78 Å². The van der Waals surface area contributed by atoms with Crippen molar-refractivity contribution in [2.45, 2.75) is 46.5 Å². The molecule has 1 heteroatoms. The predicted octanol–water partition coefficient (Wildman–Crippen LogP) is 3.10. The Kier molecular flexibility index (Phi) is 5.81. The standard InChI is InChI=1S/C10H18O/c1-4-7-8-9(5-2)10(11)6-3/h8H,4-7H2,1-3H3. The molecule has 0 N–H and O–H groups in total. The van der Waals surface area contributed by atoms with E-state index in [2.05, 4.69) is 13.0 Å². The van der Waals surface area contributed by atoms with Crippen LogP contribution in [0.1, 0.15) is 46.5 Å². The molecule has 0 bridgehead atoms. The highest BCUT2D eigenvalue weighted by atomic mass is 16.1. The number of unbranched alkanes of at least 4 members (excludes halogenated alkanes) is 1. The van der Waals surface area contributed by atoms with E-state index in [1.165, 1.54) is 0 Å². The zero-order valence-electron chi connectivity index (χ0n) is 7.81. The number of rotatable bonds is 5. The molecule has 0 aromatic heterocycles.